The van der Waals surface area contributed by atoms with Crippen molar-refractivity contribution < 1.29 is 8.42 Å². The van der Waals surface area contributed by atoms with Crippen molar-refractivity contribution in [1.82, 2.24) is 5.32 Å². The van der Waals surface area contributed by atoms with Gasteiger partial charge >= 0.3 is 0 Å². The fourth-order valence-electron chi connectivity index (χ4n) is 2.81. The van der Waals surface area contributed by atoms with E-state index < -0.39 is 10.0 Å². The molecule has 0 spiro atoms. The predicted molar refractivity (Wildman–Crippen MR) is 71.2 cm³/mol. The lowest BCUT2D eigenvalue weighted by Crippen LogP contribution is -2.42. The third-order valence-corrected chi connectivity index (χ3v) is 4.56. The topological polar surface area (TPSA) is 72.2 Å². The average molecular weight is 262 g/mol. The van der Waals surface area contributed by atoms with Crippen molar-refractivity contribution in [1.29, 1.82) is 0 Å². The van der Waals surface area contributed by atoms with Crippen LogP contribution in [0.15, 0.2) is 0 Å². The van der Waals surface area contributed by atoms with E-state index in [0.29, 0.717) is 23.8 Å². The molecule has 0 aromatic carbocycles. The Kier molecular flexibility index (Phi) is 4.98. The lowest BCUT2D eigenvalue weighted by Gasteiger charge is -2.39. The second-order valence-electron chi connectivity index (χ2n) is 6.17. The molecule has 1 aliphatic rings. The molecule has 0 aromatic heterocycles. The van der Waals surface area contributed by atoms with E-state index in [1.807, 2.05) is 0 Å². The van der Waals surface area contributed by atoms with E-state index in [9.17, 15) is 8.42 Å². The van der Waals surface area contributed by atoms with Gasteiger partial charge in [0.05, 0.1) is 5.75 Å². The van der Waals surface area contributed by atoms with Gasteiger partial charge in [0.25, 0.3) is 0 Å². The fraction of sp³-hybridized carbons (Fsp3) is 1.00. The molecule has 5 heteroatoms. The van der Waals surface area contributed by atoms with Crippen LogP contribution < -0.4 is 10.5 Å². The van der Waals surface area contributed by atoms with Crippen molar-refractivity contribution >= 4 is 10.0 Å². The molecule has 102 valence electrons. The van der Waals surface area contributed by atoms with Crippen LogP contribution in [-0.4, -0.2) is 26.8 Å². The highest BCUT2D eigenvalue weighted by molar-refractivity contribution is 7.89. The van der Waals surface area contributed by atoms with E-state index in [4.69, 9.17) is 5.14 Å². The molecule has 4 nitrogen and oxygen atoms in total. The number of sulfonamides is 1. The van der Waals surface area contributed by atoms with E-state index >= 15 is 0 Å². The lowest BCUT2D eigenvalue weighted by atomic mass is 9.70. The van der Waals surface area contributed by atoms with Crippen LogP contribution in [-0.2, 0) is 10.0 Å². The minimum Gasteiger partial charge on any atom is -0.314 e. The van der Waals surface area contributed by atoms with Gasteiger partial charge in [0.15, 0.2) is 0 Å². The van der Waals surface area contributed by atoms with Gasteiger partial charge in [-0.15, -0.1) is 0 Å². The predicted octanol–water partition coefficient (Wildman–Crippen LogP) is 1.47. The van der Waals surface area contributed by atoms with Crippen molar-refractivity contribution in [2.24, 2.45) is 16.5 Å². The van der Waals surface area contributed by atoms with Crippen LogP contribution in [0.2, 0.25) is 0 Å². The van der Waals surface area contributed by atoms with Gasteiger partial charge < -0.3 is 5.32 Å². The third kappa shape index (κ3) is 5.84. The average Bonchev–Trinajstić information content (AvgIpc) is 2.12. The van der Waals surface area contributed by atoms with Crippen LogP contribution in [0.25, 0.3) is 0 Å². The third-order valence-electron chi connectivity index (χ3n) is 3.71. The minimum atomic E-state index is -3.30. The molecule has 0 aliphatic heterocycles. The Bertz CT molecular complexity index is 338. The first-order chi connectivity index (χ1) is 7.70. The number of primary sulfonamides is 1. The summed E-state index contributed by atoms with van der Waals surface area (Å²) >= 11 is 0. The Morgan fingerprint density at radius 1 is 1.41 bits per heavy atom. The van der Waals surface area contributed by atoms with Crippen molar-refractivity contribution in [3.63, 3.8) is 0 Å². The number of nitrogens with one attached hydrogen (secondary N) is 1. The maximum absolute atomic E-state index is 10.8. The summed E-state index contributed by atoms with van der Waals surface area (Å²) in [5.41, 5.74) is 0.457. The van der Waals surface area contributed by atoms with E-state index in [-0.39, 0.29) is 5.75 Å². The molecule has 1 fully saturated rings. The van der Waals surface area contributed by atoms with Gasteiger partial charge in [0.1, 0.15) is 0 Å². The molecular formula is C12H26N2O2S. The summed E-state index contributed by atoms with van der Waals surface area (Å²) in [6.45, 7) is 7.66. The highest BCUT2D eigenvalue weighted by Gasteiger charge is 2.31. The Morgan fingerprint density at radius 2 is 2.06 bits per heavy atom. The Morgan fingerprint density at radius 3 is 2.59 bits per heavy atom. The summed E-state index contributed by atoms with van der Waals surface area (Å²) < 4.78 is 21.6. The van der Waals surface area contributed by atoms with Crippen LogP contribution in [0.4, 0.5) is 0 Å². The summed E-state index contributed by atoms with van der Waals surface area (Å²) in [5.74, 6) is 0.736. The Labute approximate surface area is 105 Å². The summed E-state index contributed by atoms with van der Waals surface area (Å²) in [7, 11) is -3.30. The van der Waals surface area contributed by atoms with Gasteiger partial charge in [0, 0.05) is 6.04 Å². The number of hydrogen-bond donors (Lipinski definition) is 2. The summed E-state index contributed by atoms with van der Waals surface area (Å²) in [6, 6.07) is 0.531. The molecule has 0 bridgehead atoms. The quantitative estimate of drug-likeness (QED) is 0.737. The second kappa shape index (κ2) is 5.67. The smallest absolute Gasteiger partial charge is 0.209 e. The zero-order chi connectivity index (χ0) is 13.1. The van der Waals surface area contributed by atoms with Gasteiger partial charge in [-0.25, -0.2) is 13.6 Å². The van der Waals surface area contributed by atoms with E-state index in [1.165, 1.54) is 19.3 Å². The Balaban J connectivity index is 2.25. The summed E-state index contributed by atoms with van der Waals surface area (Å²) in [4.78, 5) is 0. The van der Waals surface area contributed by atoms with Gasteiger partial charge in [-0.05, 0) is 43.6 Å². The first kappa shape index (κ1) is 14.9. The summed E-state index contributed by atoms with van der Waals surface area (Å²) in [5, 5.41) is 8.42. The van der Waals surface area contributed by atoms with Crippen LogP contribution in [0.5, 0.6) is 0 Å². The second-order valence-corrected chi connectivity index (χ2v) is 7.90. The van der Waals surface area contributed by atoms with Crippen LogP contribution >= 0.6 is 0 Å². The molecule has 0 saturated heterocycles. The zero-order valence-electron chi connectivity index (χ0n) is 11.2. The standard InChI is InChI=1S/C12H26N2O2S/c1-10-9-12(2,3)6-5-11(10)14-7-4-8-17(13,15)16/h10-11,14H,4-9H2,1-3H3,(H2,13,15,16). The molecule has 17 heavy (non-hydrogen) atoms. The SMILES string of the molecule is CC1CC(C)(C)CCC1NCCCS(N)(=O)=O. The van der Waals surface area contributed by atoms with Crippen molar-refractivity contribution in [3.05, 3.63) is 0 Å². The highest BCUT2D eigenvalue weighted by Crippen LogP contribution is 2.38. The molecule has 1 rings (SSSR count). The lowest BCUT2D eigenvalue weighted by molar-refractivity contribution is 0.149. The highest BCUT2D eigenvalue weighted by atomic mass is 32.2. The van der Waals surface area contributed by atoms with Crippen molar-refractivity contribution in [2.75, 3.05) is 12.3 Å². The van der Waals surface area contributed by atoms with Crippen LogP contribution in [0, 0.1) is 11.3 Å². The summed E-state index contributed by atoms with van der Waals surface area (Å²) in [6.07, 6.45) is 4.26. The van der Waals surface area contributed by atoms with Gasteiger partial charge in [0.2, 0.25) is 10.0 Å². The first-order valence-corrected chi connectivity index (χ1v) is 8.15. The number of hydrogen-bond acceptors (Lipinski definition) is 3. The molecule has 3 N–H and O–H groups in total. The number of rotatable bonds is 5. The van der Waals surface area contributed by atoms with Crippen molar-refractivity contribution in [3.8, 4) is 0 Å². The molecule has 0 heterocycles. The van der Waals surface area contributed by atoms with E-state index in [0.717, 1.165) is 6.54 Å². The van der Waals surface area contributed by atoms with E-state index in [1.54, 1.807) is 0 Å². The minimum absolute atomic E-state index is 0.0760. The first-order valence-electron chi connectivity index (χ1n) is 6.43. The zero-order valence-corrected chi connectivity index (χ0v) is 12.0. The molecular weight excluding hydrogens is 236 g/mol. The van der Waals surface area contributed by atoms with Crippen LogP contribution in [0.3, 0.4) is 0 Å². The molecule has 2 atom stereocenters. The molecule has 1 saturated carbocycles. The molecule has 0 radical (unpaired) electrons. The molecule has 0 aromatic rings. The van der Waals surface area contributed by atoms with Gasteiger partial charge in [-0.2, -0.15) is 0 Å². The number of nitrogens with two attached hydrogens (primary N) is 1. The van der Waals surface area contributed by atoms with Gasteiger partial charge in [-0.1, -0.05) is 20.8 Å². The Hall–Kier alpha value is -0.130. The molecule has 2 unspecified atom stereocenters. The maximum Gasteiger partial charge on any atom is 0.209 e. The molecule has 0 amide bonds. The van der Waals surface area contributed by atoms with Gasteiger partial charge in [-0.3, -0.25) is 0 Å². The van der Waals surface area contributed by atoms with Crippen LogP contribution in [0.1, 0.15) is 46.5 Å². The van der Waals surface area contributed by atoms with E-state index in [2.05, 4.69) is 26.1 Å². The normalized spacial score (nSPS) is 29.2. The maximum atomic E-state index is 10.8. The largest absolute Gasteiger partial charge is 0.314 e. The molecule has 1 aliphatic carbocycles. The fourth-order valence-corrected chi connectivity index (χ4v) is 3.36. The monoisotopic (exact) mass is 262 g/mol. The van der Waals surface area contributed by atoms with Crippen molar-refractivity contribution in [2.45, 2.75) is 52.5 Å².